The molecule has 0 aliphatic carbocycles. The van der Waals surface area contributed by atoms with Crippen LogP contribution in [0.4, 0.5) is 10.5 Å². The molecule has 0 bridgehead atoms. The zero-order chi connectivity index (χ0) is 11.0. The van der Waals surface area contributed by atoms with E-state index in [0.29, 0.717) is 15.7 Å². The number of benzene rings is 1. The highest BCUT2D eigenvalue weighted by Gasteiger charge is 2.31. The van der Waals surface area contributed by atoms with E-state index in [0.717, 1.165) is 16.7 Å². The number of hydrogen-bond acceptors (Lipinski definition) is 3. The number of halogens is 2. The SMILES string of the molecule is O=C1CSC(=O)N1c1cc(Cl)cc(Cl)c1. The van der Waals surface area contributed by atoms with Gasteiger partial charge in [0.1, 0.15) is 0 Å². The molecule has 2 amide bonds. The maximum absolute atomic E-state index is 11.4. The smallest absolute Gasteiger partial charge is 0.273 e. The Morgan fingerprint density at radius 1 is 1.13 bits per heavy atom. The maximum atomic E-state index is 11.4. The molecule has 1 aromatic carbocycles. The van der Waals surface area contributed by atoms with Gasteiger partial charge in [-0.2, -0.15) is 0 Å². The molecule has 1 saturated heterocycles. The number of carbonyl (C=O) groups excluding carboxylic acids is 2. The summed E-state index contributed by atoms with van der Waals surface area (Å²) in [6.07, 6.45) is 0. The van der Waals surface area contributed by atoms with Gasteiger partial charge in [-0.15, -0.1) is 0 Å². The Hall–Kier alpha value is -0.710. The second-order valence-corrected chi connectivity index (χ2v) is 4.71. The number of rotatable bonds is 1. The minimum Gasteiger partial charge on any atom is -0.273 e. The third kappa shape index (κ3) is 2.12. The van der Waals surface area contributed by atoms with E-state index in [1.807, 2.05) is 0 Å². The van der Waals surface area contributed by atoms with Gasteiger partial charge >= 0.3 is 0 Å². The minimum atomic E-state index is -0.293. The van der Waals surface area contributed by atoms with Gasteiger partial charge in [0.05, 0.1) is 11.4 Å². The molecule has 6 heteroatoms. The first kappa shape index (κ1) is 10.8. The average molecular weight is 262 g/mol. The molecular formula is C9H5Cl2NO2S. The van der Waals surface area contributed by atoms with Crippen molar-refractivity contribution >= 4 is 51.8 Å². The average Bonchev–Trinajstić information content (AvgIpc) is 2.44. The molecule has 3 nitrogen and oxygen atoms in total. The second-order valence-electron chi connectivity index (χ2n) is 2.91. The van der Waals surface area contributed by atoms with Gasteiger partial charge in [0.25, 0.3) is 5.24 Å². The molecule has 1 aliphatic heterocycles. The fraction of sp³-hybridized carbons (Fsp3) is 0.111. The summed E-state index contributed by atoms with van der Waals surface area (Å²) in [5.41, 5.74) is 0.424. The summed E-state index contributed by atoms with van der Waals surface area (Å²) in [4.78, 5) is 23.9. The van der Waals surface area contributed by atoms with Crippen LogP contribution in [0.2, 0.25) is 10.0 Å². The molecule has 0 spiro atoms. The first-order valence-corrected chi connectivity index (χ1v) is 5.78. The van der Waals surface area contributed by atoms with Crippen LogP contribution in [-0.4, -0.2) is 16.9 Å². The quantitative estimate of drug-likeness (QED) is 0.779. The summed E-state index contributed by atoms with van der Waals surface area (Å²) >= 11 is 12.5. The van der Waals surface area contributed by atoms with E-state index in [4.69, 9.17) is 23.2 Å². The van der Waals surface area contributed by atoms with Crippen molar-refractivity contribution in [2.75, 3.05) is 10.7 Å². The number of carbonyl (C=O) groups is 2. The van der Waals surface area contributed by atoms with Gasteiger partial charge in [0, 0.05) is 10.0 Å². The van der Waals surface area contributed by atoms with Crippen LogP contribution in [0.3, 0.4) is 0 Å². The Morgan fingerprint density at radius 2 is 1.73 bits per heavy atom. The molecule has 0 saturated carbocycles. The van der Waals surface area contributed by atoms with Crippen LogP contribution < -0.4 is 4.90 Å². The Kier molecular flexibility index (Phi) is 2.91. The highest BCUT2D eigenvalue weighted by molar-refractivity contribution is 8.15. The van der Waals surface area contributed by atoms with Gasteiger partial charge in [-0.05, 0) is 18.2 Å². The van der Waals surface area contributed by atoms with Gasteiger partial charge in [-0.1, -0.05) is 35.0 Å². The standard InChI is InChI=1S/C9H5Cl2NO2S/c10-5-1-6(11)3-7(2-5)12-8(13)4-15-9(12)14/h1-3H,4H2. The van der Waals surface area contributed by atoms with Crippen LogP contribution in [0.25, 0.3) is 0 Å². The molecule has 1 aliphatic rings. The molecule has 0 N–H and O–H groups in total. The molecule has 1 aromatic rings. The molecular weight excluding hydrogens is 257 g/mol. The number of nitrogens with zero attached hydrogens (tertiary/aromatic N) is 1. The fourth-order valence-electron chi connectivity index (χ4n) is 1.27. The van der Waals surface area contributed by atoms with Crippen molar-refractivity contribution in [2.45, 2.75) is 0 Å². The minimum absolute atomic E-state index is 0.170. The Morgan fingerprint density at radius 3 is 2.20 bits per heavy atom. The number of hydrogen-bond donors (Lipinski definition) is 0. The summed E-state index contributed by atoms with van der Waals surface area (Å²) in [5, 5.41) is 0.503. The zero-order valence-corrected chi connectivity index (χ0v) is 9.70. The van der Waals surface area contributed by atoms with Gasteiger partial charge in [0.15, 0.2) is 0 Å². The van der Waals surface area contributed by atoms with Crippen molar-refractivity contribution in [1.29, 1.82) is 0 Å². The highest BCUT2D eigenvalue weighted by Crippen LogP contribution is 2.30. The third-order valence-corrected chi connectivity index (χ3v) is 3.11. The van der Waals surface area contributed by atoms with Crippen LogP contribution in [-0.2, 0) is 4.79 Å². The Bertz CT molecular complexity index is 413. The first-order chi connectivity index (χ1) is 7.08. The normalized spacial score (nSPS) is 16.3. The van der Waals surface area contributed by atoms with Crippen LogP contribution >= 0.6 is 35.0 Å². The molecule has 1 fully saturated rings. The van der Waals surface area contributed by atoms with E-state index >= 15 is 0 Å². The van der Waals surface area contributed by atoms with Gasteiger partial charge in [0.2, 0.25) is 5.91 Å². The lowest BCUT2D eigenvalue weighted by atomic mass is 10.3. The predicted molar refractivity (Wildman–Crippen MR) is 61.8 cm³/mol. The lowest BCUT2D eigenvalue weighted by Gasteiger charge is -2.13. The summed E-state index contributed by atoms with van der Waals surface area (Å²) in [5.74, 6) is -0.0773. The van der Waals surface area contributed by atoms with Crippen molar-refractivity contribution in [3.05, 3.63) is 28.2 Å². The molecule has 0 unspecified atom stereocenters. The monoisotopic (exact) mass is 261 g/mol. The largest absolute Gasteiger partial charge is 0.293 e. The van der Waals surface area contributed by atoms with E-state index in [2.05, 4.69) is 0 Å². The third-order valence-electron chi connectivity index (χ3n) is 1.86. The molecule has 0 aromatic heterocycles. The van der Waals surface area contributed by atoms with E-state index in [-0.39, 0.29) is 16.9 Å². The molecule has 78 valence electrons. The number of thioether (sulfide) groups is 1. The van der Waals surface area contributed by atoms with Gasteiger partial charge in [-0.3, -0.25) is 9.59 Å². The molecule has 1 heterocycles. The van der Waals surface area contributed by atoms with Crippen LogP contribution in [0, 0.1) is 0 Å². The topological polar surface area (TPSA) is 37.4 Å². The van der Waals surface area contributed by atoms with Crippen molar-refractivity contribution in [3.63, 3.8) is 0 Å². The van der Waals surface area contributed by atoms with E-state index in [1.165, 1.54) is 12.1 Å². The Balaban J connectivity index is 2.44. The van der Waals surface area contributed by atoms with Crippen molar-refractivity contribution < 1.29 is 9.59 Å². The van der Waals surface area contributed by atoms with Crippen LogP contribution in [0.5, 0.6) is 0 Å². The number of imide groups is 1. The van der Waals surface area contributed by atoms with Gasteiger partial charge < -0.3 is 0 Å². The summed E-state index contributed by atoms with van der Waals surface area (Å²) in [6, 6.07) is 4.62. The van der Waals surface area contributed by atoms with E-state index < -0.39 is 0 Å². The predicted octanol–water partition coefficient (Wildman–Crippen LogP) is 3.19. The first-order valence-electron chi connectivity index (χ1n) is 4.04. The van der Waals surface area contributed by atoms with Crippen molar-refractivity contribution in [2.24, 2.45) is 0 Å². The van der Waals surface area contributed by atoms with E-state index in [1.54, 1.807) is 6.07 Å². The maximum Gasteiger partial charge on any atom is 0.293 e. The summed E-state index contributed by atoms with van der Waals surface area (Å²) in [6.45, 7) is 0. The summed E-state index contributed by atoms with van der Waals surface area (Å²) in [7, 11) is 0. The highest BCUT2D eigenvalue weighted by atomic mass is 35.5. The zero-order valence-electron chi connectivity index (χ0n) is 7.37. The van der Waals surface area contributed by atoms with Gasteiger partial charge in [-0.25, -0.2) is 4.90 Å². The Labute approximate surface area is 100 Å². The lowest BCUT2D eigenvalue weighted by molar-refractivity contribution is -0.115. The molecule has 0 atom stereocenters. The van der Waals surface area contributed by atoms with E-state index in [9.17, 15) is 9.59 Å². The number of anilines is 1. The van der Waals surface area contributed by atoms with Crippen molar-refractivity contribution in [1.82, 2.24) is 0 Å². The fourth-order valence-corrected chi connectivity index (χ4v) is 2.50. The molecule has 2 rings (SSSR count). The van der Waals surface area contributed by atoms with Crippen LogP contribution in [0.1, 0.15) is 0 Å². The molecule has 15 heavy (non-hydrogen) atoms. The molecule has 0 radical (unpaired) electrons. The number of amides is 2. The van der Waals surface area contributed by atoms with Crippen molar-refractivity contribution in [3.8, 4) is 0 Å². The lowest BCUT2D eigenvalue weighted by Crippen LogP contribution is -2.27. The second kappa shape index (κ2) is 4.04. The van der Waals surface area contributed by atoms with Crippen LogP contribution in [0.15, 0.2) is 18.2 Å². The summed E-state index contributed by atoms with van der Waals surface area (Å²) < 4.78 is 0.